The lowest BCUT2D eigenvalue weighted by molar-refractivity contribution is -0.129. The number of hydrogen-bond acceptors (Lipinski definition) is 5. The normalized spacial score (nSPS) is 12.1. The minimum Gasteiger partial charge on any atom is -0.493 e. The van der Waals surface area contributed by atoms with E-state index in [1.54, 1.807) is 18.2 Å². The molecule has 2 rings (SSSR count). The monoisotopic (exact) mass is 471 g/mol. The number of rotatable bonds is 9. The summed E-state index contributed by atoms with van der Waals surface area (Å²) in [5.41, 5.74) is 5.25. The van der Waals surface area contributed by atoms with Gasteiger partial charge in [0.05, 0.1) is 17.5 Å². The van der Waals surface area contributed by atoms with E-state index < -0.39 is 33.7 Å². The summed E-state index contributed by atoms with van der Waals surface area (Å²) in [6.07, 6.45) is 0.485. The number of halogens is 2. The van der Waals surface area contributed by atoms with Crippen LogP contribution < -0.4 is 20.3 Å². The van der Waals surface area contributed by atoms with Gasteiger partial charge < -0.3 is 4.74 Å². The molecule has 2 aromatic rings. The molecule has 0 fully saturated rings. The first-order valence-electron chi connectivity index (χ1n) is 9.34. The molecule has 2 amide bonds. The summed E-state index contributed by atoms with van der Waals surface area (Å²) in [6.45, 7) is 3.46. The van der Waals surface area contributed by atoms with Gasteiger partial charge in [0, 0.05) is 11.4 Å². The van der Waals surface area contributed by atoms with E-state index in [1.807, 2.05) is 6.92 Å². The van der Waals surface area contributed by atoms with Gasteiger partial charge in [0.1, 0.15) is 11.6 Å². The SMILES string of the molecule is Cc1cc(Cl)ccc1OCCCC(=O)NNC(=O)[C@H](C)NS(=O)(=O)c1ccc(F)cc1. The first-order valence-corrected chi connectivity index (χ1v) is 11.2. The van der Waals surface area contributed by atoms with Crippen LogP contribution in [0, 0.1) is 12.7 Å². The van der Waals surface area contributed by atoms with Crippen molar-refractivity contribution in [3.8, 4) is 5.75 Å². The molecule has 0 aromatic heterocycles. The van der Waals surface area contributed by atoms with E-state index in [2.05, 4.69) is 15.6 Å². The van der Waals surface area contributed by atoms with Gasteiger partial charge in [-0.05, 0) is 68.3 Å². The maximum Gasteiger partial charge on any atom is 0.256 e. The Morgan fingerprint density at radius 2 is 1.81 bits per heavy atom. The molecule has 0 saturated heterocycles. The standard InChI is InChI=1S/C20H23ClFN3O5S/c1-13-12-15(21)5-10-18(13)30-11-3-4-19(26)23-24-20(27)14(2)25-31(28,29)17-8-6-16(22)7-9-17/h5-10,12,14,25H,3-4,11H2,1-2H3,(H,23,26)(H,24,27)/t14-/m0/s1. The molecule has 1 atom stereocenters. The minimum atomic E-state index is -4.03. The van der Waals surface area contributed by atoms with Gasteiger partial charge in [0.25, 0.3) is 5.91 Å². The van der Waals surface area contributed by atoms with Crippen molar-refractivity contribution < 1.29 is 27.1 Å². The van der Waals surface area contributed by atoms with E-state index >= 15 is 0 Å². The molecule has 3 N–H and O–H groups in total. The average Bonchev–Trinajstić information content (AvgIpc) is 2.70. The number of aryl methyl sites for hydroxylation is 1. The largest absolute Gasteiger partial charge is 0.493 e. The van der Waals surface area contributed by atoms with E-state index in [0.29, 0.717) is 17.2 Å². The number of carbonyl (C=O) groups excluding carboxylic acids is 2. The lowest BCUT2D eigenvalue weighted by Crippen LogP contribution is -2.51. The van der Waals surface area contributed by atoms with Crippen molar-refractivity contribution >= 4 is 33.4 Å². The third-order valence-corrected chi connectivity index (χ3v) is 5.91. The van der Waals surface area contributed by atoms with Gasteiger partial charge in [-0.15, -0.1) is 0 Å². The first-order chi connectivity index (χ1) is 14.6. The molecule has 0 aliphatic carbocycles. The summed E-state index contributed by atoms with van der Waals surface area (Å²) in [5.74, 6) is -1.13. The molecule has 0 radical (unpaired) electrons. The van der Waals surface area contributed by atoms with Gasteiger partial charge in [-0.3, -0.25) is 20.4 Å². The highest BCUT2D eigenvalue weighted by atomic mass is 35.5. The molecule has 11 heteroatoms. The molecule has 0 bridgehead atoms. The van der Waals surface area contributed by atoms with Crippen LogP contribution in [0.1, 0.15) is 25.3 Å². The van der Waals surface area contributed by atoms with Crippen LogP contribution in [0.2, 0.25) is 5.02 Å². The Labute approximate surface area is 185 Å². The zero-order valence-corrected chi connectivity index (χ0v) is 18.5. The Morgan fingerprint density at radius 3 is 2.45 bits per heavy atom. The van der Waals surface area contributed by atoms with E-state index in [1.165, 1.54) is 6.92 Å². The fraction of sp³-hybridized carbons (Fsp3) is 0.300. The highest BCUT2D eigenvalue weighted by Crippen LogP contribution is 2.21. The molecular weight excluding hydrogens is 449 g/mol. The molecule has 0 heterocycles. The third kappa shape index (κ3) is 7.82. The number of sulfonamides is 1. The van der Waals surface area contributed by atoms with Crippen LogP contribution in [-0.2, 0) is 19.6 Å². The zero-order chi connectivity index (χ0) is 23.0. The fourth-order valence-corrected chi connectivity index (χ4v) is 3.89. The second kappa shape index (κ2) is 11.1. The quantitative estimate of drug-likeness (QED) is 0.384. The Bertz CT molecular complexity index is 1030. The summed E-state index contributed by atoms with van der Waals surface area (Å²) >= 11 is 5.88. The van der Waals surface area contributed by atoms with Crippen LogP contribution in [0.25, 0.3) is 0 Å². The molecule has 0 saturated carbocycles. The van der Waals surface area contributed by atoms with Crippen LogP contribution in [0.15, 0.2) is 47.4 Å². The Kier molecular flexibility index (Phi) is 8.78. The molecule has 0 aliphatic heterocycles. The Balaban J connectivity index is 1.72. The zero-order valence-electron chi connectivity index (χ0n) is 16.9. The predicted octanol–water partition coefficient (Wildman–Crippen LogP) is 2.46. The van der Waals surface area contributed by atoms with Crippen molar-refractivity contribution in [3.05, 3.63) is 58.9 Å². The van der Waals surface area contributed by atoms with E-state index in [-0.39, 0.29) is 17.9 Å². The van der Waals surface area contributed by atoms with Crippen LogP contribution in [-0.4, -0.2) is 32.9 Å². The average molecular weight is 472 g/mol. The fourth-order valence-electron chi connectivity index (χ4n) is 2.46. The smallest absolute Gasteiger partial charge is 0.256 e. The van der Waals surface area contributed by atoms with E-state index in [4.69, 9.17) is 16.3 Å². The predicted molar refractivity (Wildman–Crippen MR) is 113 cm³/mol. The van der Waals surface area contributed by atoms with E-state index in [9.17, 15) is 22.4 Å². The number of amides is 2. The second-order valence-electron chi connectivity index (χ2n) is 6.70. The highest BCUT2D eigenvalue weighted by molar-refractivity contribution is 7.89. The number of nitrogens with one attached hydrogen (secondary N) is 3. The molecule has 168 valence electrons. The van der Waals surface area contributed by atoms with Crippen molar-refractivity contribution in [3.63, 3.8) is 0 Å². The second-order valence-corrected chi connectivity index (χ2v) is 8.85. The molecule has 0 aliphatic rings. The number of hydrazine groups is 1. The molecule has 0 spiro atoms. The van der Waals surface area contributed by atoms with E-state index in [0.717, 1.165) is 29.8 Å². The summed E-state index contributed by atoms with van der Waals surface area (Å²) in [7, 11) is -4.03. The van der Waals surface area contributed by atoms with Crippen LogP contribution in [0.5, 0.6) is 5.75 Å². The van der Waals surface area contributed by atoms with Crippen molar-refractivity contribution in [1.29, 1.82) is 0 Å². The van der Waals surface area contributed by atoms with Gasteiger partial charge in [0.2, 0.25) is 15.9 Å². The third-order valence-electron chi connectivity index (χ3n) is 4.12. The number of carbonyl (C=O) groups is 2. The van der Waals surface area contributed by atoms with Gasteiger partial charge in [0.15, 0.2) is 0 Å². The van der Waals surface area contributed by atoms with Gasteiger partial charge >= 0.3 is 0 Å². The van der Waals surface area contributed by atoms with Crippen molar-refractivity contribution in [2.45, 2.75) is 37.6 Å². The van der Waals surface area contributed by atoms with Gasteiger partial charge in [-0.2, -0.15) is 4.72 Å². The Hall–Kier alpha value is -2.69. The summed E-state index contributed by atoms with van der Waals surface area (Å²) < 4.78 is 45.1. The van der Waals surface area contributed by atoms with Crippen molar-refractivity contribution in [2.24, 2.45) is 0 Å². The molecule has 2 aromatic carbocycles. The number of benzene rings is 2. The maximum absolute atomic E-state index is 12.9. The number of hydrogen-bond donors (Lipinski definition) is 3. The number of ether oxygens (including phenoxy) is 1. The minimum absolute atomic E-state index is 0.0859. The first kappa shape index (κ1) is 24.6. The van der Waals surface area contributed by atoms with Gasteiger partial charge in [-0.25, -0.2) is 12.8 Å². The topological polar surface area (TPSA) is 114 Å². The lowest BCUT2D eigenvalue weighted by atomic mass is 10.2. The summed E-state index contributed by atoms with van der Waals surface area (Å²) in [5, 5.41) is 0.606. The molecular formula is C20H23ClFN3O5S. The Morgan fingerprint density at radius 1 is 1.13 bits per heavy atom. The van der Waals surface area contributed by atoms with Crippen LogP contribution in [0.4, 0.5) is 4.39 Å². The summed E-state index contributed by atoms with van der Waals surface area (Å²) in [4.78, 5) is 23.7. The van der Waals surface area contributed by atoms with Crippen LogP contribution >= 0.6 is 11.6 Å². The van der Waals surface area contributed by atoms with Crippen molar-refractivity contribution in [2.75, 3.05) is 6.61 Å². The van der Waals surface area contributed by atoms with Gasteiger partial charge in [-0.1, -0.05) is 11.6 Å². The maximum atomic E-state index is 12.9. The lowest BCUT2D eigenvalue weighted by Gasteiger charge is -2.15. The van der Waals surface area contributed by atoms with Crippen molar-refractivity contribution in [1.82, 2.24) is 15.6 Å². The van der Waals surface area contributed by atoms with Crippen LogP contribution in [0.3, 0.4) is 0 Å². The molecule has 0 unspecified atom stereocenters. The summed E-state index contributed by atoms with van der Waals surface area (Å²) in [6, 6.07) is 8.20. The molecule has 31 heavy (non-hydrogen) atoms. The highest BCUT2D eigenvalue weighted by Gasteiger charge is 2.22. The molecule has 8 nitrogen and oxygen atoms in total.